The van der Waals surface area contributed by atoms with Gasteiger partial charge in [0.05, 0.1) is 32.5 Å². The lowest BCUT2D eigenvalue weighted by molar-refractivity contribution is 0.0592. The molecular weight excluding hydrogens is 356 g/mol. The SMILES string of the molecule is COC(=O)c1ccc(-c2ccc(OC)cc2-c2ccc(C(=O)OC)cc2)cc1. The van der Waals surface area contributed by atoms with Crippen LogP contribution in [0.2, 0.25) is 0 Å². The average molecular weight is 376 g/mol. The Morgan fingerprint density at radius 3 is 1.50 bits per heavy atom. The highest BCUT2D eigenvalue weighted by Crippen LogP contribution is 2.35. The van der Waals surface area contributed by atoms with Gasteiger partial charge in [-0.25, -0.2) is 9.59 Å². The standard InChI is InChI=1S/C23H20O5/c1-26-19-12-13-20(15-4-8-17(9-5-15)22(24)27-2)21(14-19)16-6-10-18(11-7-16)23(25)28-3/h4-14H,1-3H3. The minimum atomic E-state index is -0.379. The van der Waals surface area contributed by atoms with Crippen LogP contribution in [-0.2, 0) is 9.47 Å². The average Bonchev–Trinajstić information content (AvgIpc) is 2.77. The molecule has 3 aromatic carbocycles. The van der Waals surface area contributed by atoms with Crippen molar-refractivity contribution in [3.05, 3.63) is 77.9 Å². The summed E-state index contributed by atoms with van der Waals surface area (Å²) >= 11 is 0. The summed E-state index contributed by atoms with van der Waals surface area (Å²) in [4.78, 5) is 23.4. The molecule has 28 heavy (non-hydrogen) atoms. The van der Waals surface area contributed by atoms with E-state index in [2.05, 4.69) is 0 Å². The predicted molar refractivity (Wildman–Crippen MR) is 107 cm³/mol. The predicted octanol–water partition coefficient (Wildman–Crippen LogP) is 4.60. The van der Waals surface area contributed by atoms with Gasteiger partial charge in [0.25, 0.3) is 0 Å². The highest BCUT2D eigenvalue weighted by Gasteiger charge is 2.12. The number of methoxy groups -OCH3 is 3. The number of rotatable bonds is 5. The van der Waals surface area contributed by atoms with Crippen molar-refractivity contribution in [1.29, 1.82) is 0 Å². The molecular formula is C23H20O5. The highest BCUT2D eigenvalue weighted by molar-refractivity contribution is 5.92. The summed E-state index contributed by atoms with van der Waals surface area (Å²) in [5.41, 5.74) is 4.77. The summed E-state index contributed by atoms with van der Waals surface area (Å²) in [6, 6.07) is 20.2. The number of hydrogen-bond acceptors (Lipinski definition) is 5. The molecule has 0 spiro atoms. The Kier molecular flexibility index (Phi) is 5.75. The monoisotopic (exact) mass is 376 g/mol. The third kappa shape index (κ3) is 3.88. The first-order chi connectivity index (χ1) is 13.6. The second-order valence-corrected chi connectivity index (χ2v) is 6.05. The summed E-state index contributed by atoms with van der Waals surface area (Å²) in [5, 5.41) is 0. The van der Waals surface area contributed by atoms with Gasteiger partial charge in [-0.15, -0.1) is 0 Å². The summed E-state index contributed by atoms with van der Waals surface area (Å²) < 4.78 is 14.9. The topological polar surface area (TPSA) is 61.8 Å². The molecule has 0 aromatic heterocycles. The lowest BCUT2D eigenvalue weighted by Crippen LogP contribution is -2.01. The van der Waals surface area contributed by atoms with E-state index in [4.69, 9.17) is 14.2 Å². The number of esters is 2. The molecule has 5 nitrogen and oxygen atoms in total. The Morgan fingerprint density at radius 1 is 0.607 bits per heavy atom. The van der Waals surface area contributed by atoms with Crippen LogP contribution in [0.5, 0.6) is 5.75 Å². The third-order valence-electron chi connectivity index (χ3n) is 4.46. The van der Waals surface area contributed by atoms with Crippen molar-refractivity contribution >= 4 is 11.9 Å². The molecule has 0 unspecified atom stereocenters. The van der Waals surface area contributed by atoms with Crippen LogP contribution in [0, 0.1) is 0 Å². The summed E-state index contributed by atoms with van der Waals surface area (Å²) in [6.45, 7) is 0. The minimum absolute atomic E-state index is 0.375. The highest BCUT2D eigenvalue weighted by atomic mass is 16.5. The van der Waals surface area contributed by atoms with Crippen LogP contribution < -0.4 is 4.74 Å². The van der Waals surface area contributed by atoms with Crippen LogP contribution in [0.4, 0.5) is 0 Å². The molecule has 142 valence electrons. The third-order valence-corrected chi connectivity index (χ3v) is 4.46. The molecule has 0 amide bonds. The van der Waals surface area contributed by atoms with Gasteiger partial charge in [0.1, 0.15) is 5.75 Å². The molecule has 0 aliphatic carbocycles. The van der Waals surface area contributed by atoms with E-state index < -0.39 is 0 Å². The molecule has 0 heterocycles. The van der Waals surface area contributed by atoms with Gasteiger partial charge >= 0.3 is 11.9 Å². The molecule has 0 atom stereocenters. The van der Waals surface area contributed by atoms with Crippen LogP contribution in [0.3, 0.4) is 0 Å². The van der Waals surface area contributed by atoms with Gasteiger partial charge in [0.2, 0.25) is 0 Å². The molecule has 0 bridgehead atoms. The van der Waals surface area contributed by atoms with Gasteiger partial charge in [-0.2, -0.15) is 0 Å². The fraction of sp³-hybridized carbons (Fsp3) is 0.130. The van der Waals surface area contributed by atoms with E-state index in [1.165, 1.54) is 14.2 Å². The number of carbonyl (C=O) groups excluding carboxylic acids is 2. The zero-order chi connectivity index (χ0) is 20.1. The molecule has 0 saturated heterocycles. The van der Waals surface area contributed by atoms with E-state index in [-0.39, 0.29) is 11.9 Å². The fourth-order valence-electron chi connectivity index (χ4n) is 2.95. The largest absolute Gasteiger partial charge is 0.497 e. The van der Waals surface area contributed by atoms with E-state index in [9.17, 15) is 9.59 Å². The first-order valence-corrected chi connectivity index (χ1v) is 8.63. The zero-order valence-electron chi connectivity index (χ0n) is 15.9. The van der Waals surface area contributed by atoms with Crippen molar-refractivity contribution in [2.24, 2.45) is 0 Å². The Hall–Kier alpha value is -3.60. The summed E-state index contributed by atoms with van der Waals surface area (Å²) in [6.07, 6.45) is 0. The lowest BCUT2D eigenvalue weighted by atomic mass is 9.93. The zero-order valence-corrected chi connectivity index (χ0v) is 15.9. The molecule has 3 rings (SSSR count). The number of hydrogen-bond donors (Lipinski definition) is 0. The van der Waals surface area contributed by atoms with Gasteiger partial charge in [-0.3, -0.25) is 0 Å². The van der Waals surface area contributed by atoms with Crippen molar-refractivity contribution in [2.45, 2.75) is 0 Å². The van der Waals surface area contributed by atoms with Gasteiger partial charge in [-0.05, 0) is 58.7 Å². The lowest BCUT2D eigenvalue weighted by Gasteiger charge is -2.13. The van der Waals surface area contributed by atoms with Gasteiger partial charge in [0.15, 0.2) is 0 Å². The van der Waals surface area contributed by atoms with Crippen LogP contribution in [0.1, 0.15) is 20.7 Å². The molecule has 3 aromatic rings. The Bertz CT molecular complexity index is 989. The Morgan fingerprint density at radius 2 is 1.07 bits per heavy atom. The Labute approximate surface area is 163 Å². The van der Waals surface area contributed by atoms with Crippen LogP contribution >= 0.6 is 0 Å². The van der Waals surface area contributed by atoms with Crippen molar-refractivity contribution in [1.82, 2.24) is 0 Å². The van der Waals surface area contributed by atoms with Crippen LogP contribution in [0.15, 0.2) is 66.7 Å². The summed E-state index contributed by atoms with van der Waals surface area (Å²) in [7, 11) is 4.33. The maximum atomic E-state index is 11.7. The number of benzene rings is 3. The molecule has 0 fully saturated rings. The van der Waals surface area contributed by atoms with Crippen molar-refractivity contribution < 1.29 is 23.8 Å². The molecule has 0 aliphatic heterocycles. The van der Waals surface area contributed by atoms with Crippen molar-refractivity contribution in [3.63, 3.8) is 0 Å². The number of ether oxygens (including phenoxy) is 3. The second kappa shape index (κ2) is 8.39. The molecule has 0 N–H and O–H groups in total. The second-order valence-electron chi connectivity index (χ2n) is 6.05. The normalized spacial score (nSPS) is 10.2. The van der Waals surface area contributed by atoms with Gasteiger partial charge < -0.3 is 14.2 Å². The molecule has 0 radical (unpaired) electrons. The summed E-state index contributed by atoms with van der Waals surface area (Å²) in [5.74, 6) is -0.0299. The fourth-order valence-corrected chi connectivity index (χ4v) is 2.95. The van der Waals surface area contributed by atoms with Crippen LogP contribution in [-0.4, -0.2) is 33.3 Å². The van der Waals surface area contributed by atoms with E-state index in [0.29, 0.717) is 11.1 Å². The first kappa shape index (κ1) is 19.2. The van der Waals surface area contributed by atoms with Crippen molar-refractivity contribution in [3.8, 4) is 28.0 Å². The minimum Gasteiger partial charge on any atom is -0.497 e. The van der Waals surface area contributed by atoms with E-state index in [0.717, 1.165) is 28.0 Å². The molecule has 0 saturated carbocycles. The maximum Gasteiger partial charge on any atom is 0.337 e. The van der Waals surface area contributed by atoms with E-state index in [1.54, 1.807) is 31.4 Å². The van der Waals surface area contributed by atoms with Gasteiger partial charge in [0, 0.05) is 0 Å². The van der Waals surface area contributed by atoms with E-state index >= 15 is 0 Å². The smallest absolute Gasteiger partial charge is 0.337 e. The number of carbonyl (C=O) groups is 2. The first-order valence-electron chi connectivity index (χ1n) is 8.63. The molecule has 0 aliphatic rings. The quantitative estimate of drug-likeness (QED) is 0.609. The van der Waals surface area contributed by atoms with Gasteiger partial charge in [-0.1, -0.05) is 30.3 Å². The molecule has 5 heteroatoms. The Balaban J connectivity index is 2.05. The van der Waals surface area contributed by atoms with Crippen molar-refractivity contribution in [2.75, 3.05) is 21.3 Å². The maximum absolute atomic E-state index is 11.7. The van der Waals surface area contributed by atoms with E-state index in [1.807, 2.05) is 42.5 Å². The van der Waals surface area contributed by atoms with Crippen LogP contribution in [0.25, 0.3) is 22.3 Å².